The Labute approximate surface area is 137 Å². The molecule has 0 radical (unpaired) electrons. The predicted octanol–water partition coefficient (Wildman–Crippen LogP) is 1.59. The van der Waals surface area contributed by atoms with Crippen LogP contribution in [-0.4, -0.2) is 65.8 Å². The summed E-state index contributed by atoms with van der Waals surface area (Å²) in [4.78, 5) is 30.5. The Balaban J connectivity index is 1.64. The minimum atomic E-state index is 0.106. The van der Waals surface area contributed by atoms with Gasteiger partial charge in [-0.25, -0.2) is 0 Å². The molecular weight excluding hydrogens is 290 g/mol. The van der Waals surface area contributed by atoms with Gasteiger partial charge in [-0.15, -0.1) is 0 Å². The summed E-state index contributed by atoms with van der Waals surface area (Å²) >= 11 is 0. The molecule has 0 saturated carbocycles. The van der Waals surface area contributed by atoms with E-state index in [1.807, 2.05) is 34.1 Å². The molecule has 5 heteroatoms. The van der Waals surface area contributed by atoms with Gasteiger partial charge in [-0.05, 0) is 38.1 Å². The first-order chi connectivity index (χ1) is 11.0. The molecule has 0 N–H and O–H groups in total. The number of carbonyl (C=O) groups is 2. The molecule has 0 aromatic heterocycles. The minimum absolute atomic E-state index is 0.106. The van der Waals surface area contributed by atoms with E-state index in [-0.39, 0.29) is 17.9 Å². The number of piperazine rings is 1. The van der Waals surface area contributed by atoms with Gasteiger partial charge >= 0.3 is 0 Å². The summed E-state index contributed by atoms with van der Waals surface area (Å²) in [6, 6.07) is 7.97. The number of amides is 2. The van der Waals surface area contributed by atoms with E-state index < -0.39 is 0 Å². The first-order valence-corrected chi connectivity index (χ1v) is 8.41. The number of likely N-dealkylation sites (tertiary alicyclic amines) is 1. The van der Waals surface area contributed by atoms with E-state index in [1.165, 1.54) is 0 Å². The molecule has 1 aromatic carbocycles. The van der Waals surface area contributed by atoms with Crippen LogP contribution < -0.4 is 0 Å². The lowest BCUT2D eigenvalue weighted by Gasteiger charge is -2.38. The van der Waals surface area contributed by atoms with Gasteiger partial charge < -0.3 is 14.7 Å². The summed E-state index contributed by atoms with van der Waals surface area (Å²) in [6.07, 6.45) is 1.62. The van der Waals surface area contributed by atoms with Gasteiger partial charge in [0.05, 0.1) is 0 Å². The van der Waals surface area contributed by atoms with E-state index in [2.05, 4.69) is 18.9 Å². The van der Waals surface area contributed by atoms with E-state index in [0.29, 0.717) is 13.0 Å². The van der Waals surface area contributed by atoms with Crippen molar-refractivity contribution in [3.05, 3.63) is 35.4 Å². The number of nitrogens with zero attached hydrogens (tertiary/aromatic N) is 3. The lowest BCUT2D eigenvalue weighted by Crippen LogP contribution is -2.52. The van der Waals surface area contributed by atoms with Gasteiger partial charge in [0.2, 0.25) is 5.91 Å². The van der Waals surface area contributed by atoms with Crippen LogP contribution in [0.1, 0.15) is 35.7 Å². The molecule has 3 rings (SSSR count). The van der Waals surface area contributed by atoms with Crippen LogP contribution in [0.15, 0.2) is 24.3 Å². The molecule has 2 amide bonds. The molecule has 5 nitrogen and oxygen atoms in total. The second kappa shape index (κ2) is 6.71. The summed E-state index contributed by atoms with van der Waals surface area (Å²) in [5.41, 5.74) is 1.82. The van der Waals surface area contributed by atoms with Gasteiger partial charge in [0.25, 0.3) is 5.91 Å². The highest BCUT2D eigenvalue weighted by Crippen LogP contribution is 2.17. The van der Waals surface area contributed by atoms with Crippen molar-refractivity contribution in [1.29, 1.82) is 0 Å². The predicted molar refractivity (Wildman–Crippen MR) is 89.1 cm³/mol. The molecule has 2 heterocycles. The summed E-state index contributed by atoms with van der Waals surface area (Å²) in [5, 5.41) is 0. The third kappa shape index (κ3) is 3.55. The van der Waals surface area contributed by atoms with Crippen LogP contribution in [0.5, 0.6) is 0 Å². The maximum atomic E-state index is 12.7. The average Bonchev–Trinajstić information content (AvgIpc) is 2.93. The molecule has 1 aromatic rings. The Morgan fingerprint density at radius 1 is 1.17 bits per heavy atom. The molecule has 2 aliphatic heterocycles. The molecule has 124 valence electrons. The standard InChI is InChI=1S/C18H25N3O2/c1-14-12-19(2)10-11-21(14)18(23)16-7-5-15(6-8-16)13-20-9-3-4-17(20)22/h5-8,14H,3-4,9-13H2,1-2H3/t14-/m0/s1. The average molecular weight is 315 g/mol. The first kappa shape index (κ1) is 16.0. The molecule has 1 atom stereocenters. The van der Waals surface area contributed by atoms with Gasteiger partial charge in [-0.1, -0.05) is 12.1 Å². The molecule has 0 unspecified atom stereocenters. The highest BCUT2D eigenvalue weighted by atomic mass is 16.2. The molecule has 2 aliphatic rings. The van der Waals surface area contributed by atoms with Crippen LogP contribution in [-0.2, 0) is 11.3 Å². The quantitative estimate of drug-likeness (QED) is 0.851. The van der Waals surface area contributed by atoms with Crippen molar-refractivity contribution in [2.45, 2.75) is 32.4 Å². The van der Waals surface area contributed by atoms with Crippen LogP contribution in [0, 0.1) is 0 Å². The van der Waals surface area contributed by atoms with Gasteiger partial charge in [0.15, 0.2) is 0 Å². The molecule has 0 spiro atoms. The second-order valence-corrected chi connectivity index (χ2v) is 6.73. The molecule has 2 fully saturated rings. The Kier molecular flexibility index (Phi) is 4.66. The second-order valence-electron chi connectivity index (χ2n) is 6.73. The zero-order valence-corrected chi connectivity index (χ0v) is 14.0. The number of likely N-dealkylation sites (N-methyl/N-ethyl adjacent to an activating group) is 1. The molecular formula is C18H25N3O2. The molecule has 2 saturated heterocycles. The zero-order valence-electron chi connectivity index (χ0n) is 14.0. The van der Waals surface area contributed by atoms with Crippen LogP contribution >= 0.6 is 0 Å². The van der Waals surface area contributed by atoms with Gasteiger partial charge in [0, 0.05) is 50.7 Å². The Morgan fingerprint density at radius 2 is 1.91 bits per heavy atom. The number of benzene rings is 1. The van der Waals surface area contributed by atoms with Gasteiger partial charge in [-0.3, -0.25) is 9.59 Å². The van der Waals surface area contributed by atoms with Crippen molar-refractivity contribution >= 4 is 11.8 Å². The Bertz CT molecular complexity index is 584. The van der Waals surface area contributed by atoms with E-state index >= 15 is 0 Å². The lowest BCUT2D eigenvalue weighted by atomic mass is 10.1. The summed E-state index contributed by atoms with van der Waals surface area (Å²) < 4.78 is 0. The number of hydrogen-bond donors (Lipinski definition) is 0. The zero-order chi connectivity index (χ0) is 16.4. The van der Waals surface area contributed by atoms with E-state index in [4.69, 9.17) is 0 Å². The Hall–Kier alpha value is -1.88. The monoisotopic (exact) mass is 315 g/mol. The maximum Gasteiger partial charge on any atom is 0.254 e. The largest absolute Gasteiger partial charge is 0.338 e. The molecule has 0 bridgehead atoms. The van der Waals surface area contributed by atoms with Crippen molar-refractivity contribution in [3.8, 4) is 0 Å². The third-order valence-electron chi connectivity index (χ3n) is 4.84. The van der Waals surface area contributed by atoms with Gasteiger partial charge in [0.1, 0.15) is 0 Å². The molecule has 0 aliphatic carbocycles. The normalized spacial score (nSPS) is 22.7. The fraction of sp³-hybridized carbons (Fsp3) is 0.556. The van der Waals surface area contributed by atoms with Crippen molar-refractivity contribution in [3.63, 3.8) is 0 Å². The number of carbonyl (C=O) groups excluding carboxylic acids is 2. The Morgan fingerprint density at radius 3 is 2.52 bits per heavy atom. The van der Waals surface area contributed by atoms with E-state index in [0.717, 1.165) is 43.7 Å². The number of hydrogen-bond acceptors (Lipinski definition) is 3. The van der Waals surface area contributed by atoms with Gasteiger partial charge in [-0.2, -0.15) is 0 Å². The topological polar surface area (TPSA) is 43.9 Å². The van der Waals surface area contributed by atoms with Crippen molar-refractivity contribution in [2.75, 3.05) is 33.2 Å². The highest BCUT2D eigenvalue weighted by Gasteiger charge is 2.26. The SMILES string of the molecule is C[C@H]1CN(C)CCN1C(=O)c1ccc(CN2CCCC2=O)cc1. The maximum absolute atomic E-state index is 12.7. The van der Waals surface area contributed by atoms with E-state index in [9.17, 15) is 9.59 Å². The van der Waals surface area contributed by atoms with Crippen molar-refractivity contribution < 1.29 is 9.59 Å². The fourth-order valence-electron chi connectivity index (χ4n) is 3.45. The van der Waals surface area contributed by atoms with Crippen LogP contribution in [0.25, 0.3) is 0 Å². The first-order valence-electron chi connectivity index (χ1n) is 8.41. The summed E-state index contributed by atoms with van der Waals surface area (Å²) in [6.45, 7) is 6.21. The van der Waals surface area contributed by atoms with Crippen molar-refractivity contribution in [2.24, 2.45) is 0 Å². The third-order valence-corrected chi connectivity index (χ3v) is 4.84. The number of rotatable bonds is 3. The fourth-order valence-corrected chi connectivity index (χ4v) is 3.45. The van der Waals surface area contributed by atoms with E-state index in [1.54, 1.807) is 0 Å². The van der Waals surface area contributed by atoms with Crippen LogP contribution in [0.2, 0.25) is 0 Å². The minimum Gasteiger partial charge on any atom is -0.338 e. The molecule has 23 heavy (non-hydrogen) atoms. The van der Waals surface area contributed by atoms with Crippen LogP contribution in [0.4, 0.5) is 0 Å². The van der Waals surface area contributed by atoms with Crippen LogP contribution in [0.3, 0.4) is 0 Å². The summed E-state index contributed by atoms with van der Waals surface area (Å²) in [5.74, 6) is 0.339. The lowest BCUT2D eigenvalue weighted by molar-refractivity contribution is -0.128. The summed E-state index contributed by atoms with van der Waals surface area (Å²) in [7, 11) is 2.09. The smallest absolute Gasteiger partial charge is 0.254 e. The highest BCUT2D eigenvalue weighted by molar-refractivity contribution is 5.94. The van der Waals surface area contributed by atoms with Crippen molar-refractivity contribution in [1.82, 2.24) is 14.7 Å².